The summed E-state index contributed by atoms with van der Waals surface area (Å²) in [4.78, 5) is 27.0. The molecule has 2 amide bonds. The number of piperazine rings is 1. The van der Waals surface area contributed by atoms with E-state index in [1.807, 2.05) is 0 Å². The lowest BCUT2D eigenvalue weighted by Crippen LogP contribution is -2.50. The van der Waals surface area contributed by atoms with Gasteiger partial charge in [0.25, 0.3) is 5.91 Å². The zero-order valence-electron chi connectivity index (χ0n) is 11.4. The predicted molar refractivity (Wildman–Crippen MR) is 73.1 cm³/mol. The molecule has 0 spiro atoms. The molecule has 0 aliphatic carbocycles. The molecule has 1 aliphatic heterocycles. The average molecular weight is 296 g/mol. The lowest BCUT2D eigenvalue weighted by molar-refractivity contribution is -0.133. The first-order valence-corrected chi connectivity index (χ1v) is 8.01. The Morgan fingerprint density at radius 3 is 2.25 bits per heavy atom. The van der Waals surface area contributed by atoms with Gasteiger partial charge in [-0.3, -0.25) is 9.59 Å². The molecular weight excluding hydrogens is 280 g/mol. The predicted octanol–water partition coefficient (Wildman–Crippen LogP) is 0.00430. The van der Waals surface area contributed by atoms with E-state index in [1.165, 1.54) is 29.2 Å². The number of benzene rings is 1. The van der Waals surface area contributed by atoms with E-state index in [2.05, 4.69) is 0 Å². The quantitative estimate of drug-likeness (QED) is 0.770. The van der Waals surface area contributed by atoms with Crippen LogP contribution in [-0.4, -0.2) is 63.0 Å². The van der Waals surface area contributed by atoms with Crippen molar-refractivity contribution >= 4 is 21.7 Å². The Labute approximate surface area is 117 Å². The number of amides is 2. The van der Waals surface area contributed by atoms with Crippen molar-refractivity contribution in [1.29, 1.82) is 0 Å². The summed E-state index contributed by atoms with van der Waals surface area (Å²) < 4.78 is 22.7. The molecule has 1 saturated heterocycles. The van der Waals surface area contributed by atoms with Crippen LogP contribution in [-0.2, 0) is 14.6 Å². The summed E-state index contributed by atoms with van der Waals surface area (Å²) in [6.07, 6.45) is 1.11. The number of rotatable bonds is 2. The molecule has 0 N–H and O–H groups in total. The maximum atomic E-state index is 12.2. The van der Waals surface area contributed by atoms with Gasteiger partial charge in [-0.2, -0.15) is 0 Å². The maximum absolute atomic E-state index is 12.2. The van der Waals surface area contributed by atoms with E-state index in [-0.39, 0.29) is 23.3 Å². The smallest absolute Gasteiger partial charge is 0.254 e. The van der Waals surface area contributed by atoms with Gasteiger partial charge >= 0.3 is 0 Å². The number of sulfone groups is 1. The third-order valence-corrected chi connectivity index (χ3v) is 4.40. The minimum atomic E-state index is -3.27. The molecule has 1 aromatic rings. The molecule has 0 aromatic heterocycles. The van der Waals surface area contributed by atoms with Crippen LogP contribution in [0.15, 0.2) is 29.2 Å². The Morgan fingerprint density at radius 2 is 1.75 bits per heavy atom. The van der Waals surface area contributed by atoms with Crippen LogP contribution in [0.2, 0.25) is 0 Å². The van der Waals surface area contributed by atoms with Gasteiger partial charge in [-0.15, -0.1) is 0 Å². The summed E-state index contributed by atoms with van der Waals surface area (Å²) >= 11 is 0. The highest BCUT2D eigenvalue weighted by atomic mass is 32.2. The standard InChI is InChI=1S/C13H16N2O4S/c1-14-7-8-15(9-12(14)16)13(17)10-3-5-11(6-4-10)20(2,18)19/h3-6H,7-9H2,1-2H3. The van der Waals surface area contributed by atoms with Gasteiger partial charge in [-0.1, -0.05) is 0 Å². The van der Waals surface area contributed by atoms with Gasteiger partial charge in [0.05, 0.1) is 4.90 Å². The molecule has 0 saturated carbocycles. The van der Waals surface area contributed by atoms with Crippen LogP contribution < -0.4 is 0 Å². The highest BCUT2D eigenvalue weighted by molar-refractivity contribution is 7.90. The van der Waals surface area contributed by atoms with Gasteiger partial charge in [-0.25, -0.2) is 8.42 Å². The van der Waals surface area contributed by atoms with Gasteiger partial charge in [-0.05, 0) is 24.3 Å². The number of carbonyl (C=O) groups is 2. The summed E-state index contributed by atoms with van der Waals surface area (Å²) in [6, 6.07) is 5.75. The van der Waals surface area contributed by atoms with E-state index >= 15 is 0 Å². The number of hydrogen-bond donors (Lipinski definition) is 0. The minimum Gasteiger partial charge on any atom is -0.342 e. The van der Waals surface area contributed by atoms with Gasteiger partial charge in [0.15, 0.2) is 9.84 Å². The summed E-state index contributed by atoms with van der Waals surface area (Å²) in [5.41, 5.74) is 0.384. The second-order valence-electron chi connectivity index (χ2n) is 4.84. The van der Waals surface area contributed by atoms with Crippen LogP contribution in [0.5, 0.6) is 0 Å². The zero-order chi connectivity index (χ0) is 14.9. The fourth-order valence-corrected chi connectivity index (χ4v) is 2.59. The SMILES string of the molecule is CN1CCN(C(=O)c2ccc(S(C)(=O)=O)cc2)CC1=O. The number of carbonyl (C=O) groups excluding carboxylic acids is 2. The van der Waals surface area contributed by atoms with E-state index in [0.717, 1.165) is 6.26 Å². The molecule has 0 radical (unpaired) electrons. The van der Waals surface area contributed by atoms with Crippen molar-refractivity contribution in [3.05, 3.63) is 29.8 Å². The molecule has 1 heterocycles. The Kier molecular flexibility index (Phi) is 3.80. The fourth-order valence-electron chi connectivity index (χ4n) is 1.96. The molecule has 0 unspecified atom stereocenters. The van der Waals surface area contributed by atoms with Crippen LogP contribution in [0.4, 0.5) is 0 Å². The molecule has 1 aromatic carbocycles. The molecule has 20 heavy (non-hydrogen) atoms. The van der Waals surface area contributed by atoms with E-state index in [0.29, 0.717) is 18.7 Å². The molecule has 0 bridgehead atoms. The van der Waals surface area contributed by atoms with Gasteiger partial charge in [0.1, 0.15) is 6.54 Å². The molecule has 6 nitrogen and oxygen atoms in total. The van der Waals surface area contributed by atoms with Gasteiger partial charge < -0.3 is 9.80 Å². The first-order valence-electron chi connectivity index (χ1n) is 6.12. The molecule has 0 atom stereocenters. The second-order valence-corrected chi connectivity index (χ2v) is 6.85. The molecule has 1 aliphatic rings. The molecule has 7 heteroatoms. The Bertz CT molecular complexity index is 637. The van der Waals surface area contributed by atoms with E-state index in [4.69, 9.17) is 0 Å². The first kappa shape index (κ1) is 14.5. The molecule has 1 fully saturated rings. The highest BCUT2D eigenvalue weighted by Gasteiger charge is 2.25. The summed E-state index contributed by atoms with van der Waals surface area (Å²) in [5.74, 6) is -0.358. The summed E-state index contributed by atoms with van der Waals surface area (Å²) in [5, 5.41) is 0. The van der Waals surface area contributed by atoms with Crippen LogP contribution in [0, 0.1) is 0 Å². The van der Waals surface area contributed by atoms with E-state index in [1.54, 1.807) is 11.9 Å². The highest BCUT2D eigenvalue weighted by Crippen LogP contribution is 2.13. The van der Waals surface area contributed by atoms with Crippen molar-refractivity contribution in [3.8, 4) is 0 Å². The van der Waals surface area contributed by atoms with Crippen LogP contribution in [0.25, 0.3) is 0 Å². The topological polar surface area (TPSA) is 74.8 Å². The van der Waals surface area contributed by atoms with Gasteiger partial charge in [0, 0.05) is 32.0 Å². The van der Waals surface area contributed by atoms with E-state index < -0.39 is 9.84 Å². The lowest BCUT2D eigenvalue weighted by atomic mass is 10.2. The van der Waals surface area contributed by atoms with Crippen molar-refractivity contribution in [1.82, 2.24) is 9.80 Å². The first-order chi connectivity index (χ1) is 9.29. The van der Waals surface area contributed by atoms with Crippen molar-refractivity contribution in [3.63, 3.8) is 0 Å². The van der Waals surface area contributed by atoms with Crippen molar-refractivity contribution in [2.75, 3.05) is 32.9 Å². The monoisotopic (exact) mass is 296 g/mol. The third kappa shape index (κ3) is 2.98. The number of likely N-dealkylation sites (N-methyl/N-ethyl adjacent to an activating group) is 1. The fraction of sp³-hybridized carbons (Fsp3) is 0.385. The third-order valence-electron chi connectivity index (χ3n) is 3.27. The van der Waals surface area contributed by atoms with Crippen molar-refractivity contribution in [2.45, 2.75) is 4.90 Å². The van der Waals surface area contributed by atoms with Crippen LogP contribution in [0.1, 0.15) is 10.4 Å². The normalized spacial score (nSPS) is 16.4. The number of hydrogen-bond acceptors (Lipinski definition) is 4. The van der Waals surface area contributed by atoms with Crippen LogP contribution >= 0.6 is 0 Å². The average Bonchev–Trinajstić information content (AvgIpc) is 2.40. The van der Waals surface area contributed by atoms with Crippen molar-refractivity contribution in [2.24, 2.45) is 0 Å². The maximum Gasteiger partial charge on any atom is 0.254 e. The summed E-state index contributed by atoms with van der Waals surface area (Å²) in [7, 11) is -1.57. The Balaban J connectivity index is 2.16. The van der Waals surface area contributed by atoms with Crippen molar-refractivity contribution < 1.29 is 18.0 Å². The number of nitrogens with zero attached hydrogens (tertiary/aromatic N) is 2. The molecule has 2 rings (SSSR count). The van der Waals surface area contributed by atoms with Crippen LogP contribution in [0.3, 0.4) is 0 Å². The Morgan fingerprint density at radius 1 is 1.15 bits per heavy atom. The molecular formula is C13H16N2O4S. The lowest BCUT2D eigenvalue weighted by Gasteiger charge is -2.32. The Hall–Kier alpha value is -1.89. The zero-order valence-corrected chi connectivity index (χ0v) is 12.2. The molecule has 108 valence electrons. The minimum absolute atomic E-state index is 0.0587. The largest absolute Gasteiger partial charge is 0.342 e. The van der Waals surface area contributed by atoms with Gasteiger partial charge in [0.2, 0.25) is 5.91 Å². The summed E-state index contributed by atoms with van der Waals surface area (Å²) in [6.45, 7) is 1.05. The van der Waals surface area contributed by atoms with E-state index in [9.17, 15) is 18.0 Å². The second kappa shape index (κ2) is 5.24.